The largest absolute Gasteiger partial charge is 0.380 e. The van der Waals surface area contributed by atoms with Gasteiger partial charge in [0.15, 0.2) is 0 Å². The fourth-order valence-corrected chi connectivity index (χ4v) is 1.89. The normalized spacial score (nSPS) is 24.9. The van der Waals surface area contributed by atoms with Crippen LogP contribution in [0.15, 0.2) is 0 Å². The molecule has 0 radical (unpaired) electrons. The fraction of sp³-hybridized carbons (Fsp3) is 1.00. The van der Waals surface area contributed by atoms with E-state index >= 15 is 0 Å². The fourth-order valence-electron chi connectivity index (χ4n) is 1.89. The Balaban J connectivity index is 2.30. The highest BCUT2D eigenvalue weighted by molar-refractivity contribution is 4.78. The highest BCUT2D eigenvalue weighted by Crippen LogP contribution is 2.16. The van der Waals surface area contributed by atoms with Crippen molar-refractivity contribution in [3.63, 3.8) is 0 Å². The smallest absolute Gasteiger partial charge is 0.0750 e. The van der Waals surface area contributed by atoms with Crippen LogP contribution in [-0.2, 0) is 9.47 Å². The Labute approximate surface area is 87.2 Å². The zero-order valence-corrected chi connectivity index (χ0v) is 9.42. The lowest BCUT2D eigenvalue weighted by atomic mass is 10.0. The Morgan fingerprint density at radius 1 is 1.43 bits per heavy atom. The van der Waals surface area contributed by atoms with Crippen molar-refractivity contribution in [1.82, 2.24) is 5.32 Å². The molecule has 2 atom stereocenters. The van der Waals surface area contributed by atoms with Gasteiger partial charge in [-0.05, 0) is 32.7 Å². The maximum absolute atomic E-state index is 5.75. The Hall–Kier alpha value is -0.120. The van der Waals surface area contributed by atoms with Crippen molar-refractivity contribution in [2.45, 2.75) is 45.3 Å². The second-order valence-electron chi connectivity index (χ2n) is 3.73. The summed E-state index contributed by atoms with van der Waals surface area (Å²) in [6.07, 6.45) is 4.03. The van der Waals surface area contributed by atoms with Crippen molar-refractivity contribution in [2.24, 2.45) is 0 Å². The van der Waals surface area contributed by atoms with E-state index in [1.807, 2.05) is 6.92 Å². The van der Waals surface area contributed by atoms with E-state index in [-0.39, 0.29) is 0 Å². The molecule has 0 aromatic heterocycles. The first-order valence-corrected chi connectivity index (χ1v) is 5.81. The molecule has 3 heteroatoms. The van der Waals surface area contributed by atoms with Crippen LogP contribution >= 0.6 is 0 Å². The van der Waals surface area contributed by atoms with Crippen LogP contribution in [0.3, 0.4) is 0 Å². The molecule has 0 bridgehead atoms. The summed E-state index contributed by atoms with van der Waals surface area (Å²) in [5, 5.41) is 3.44. The lowest BCUT2D eigenvalue weighted by Crippen LogP contribution is -2.46. The van der Waals surface area contributed by atoms with E-state index in [0.29, 0.717) is 12.1 Å². The predicted octanol–water partition coefficient (Wildman–Crippen LogP) is 1.57. The van der Waals surface area contributed by atoms with Gasteiger partial charge in [0.1, 0.15) is 0 Å². The predicted molar refractivity (Wildman–Crippen MR) is 57.5 cm³/mol. The maximum Gasteiger partial charge on any atom is 0.0750 e. The van der Waals surface area contributed by atoms with Crippen molar-refractivity contribution in [2.75, 3.05) is 26.4 Å². The Morgan fingerprint density at radius 2 is 2.29 bits per heavy atom. The van der Waals surface area contributed by atoms with E-state index < -0.39 is 0 Å². The number of likely N-dealkylation sites (N-methyl/N-ethyl adjacent to an activating group) is 1. The number of hydrogen-bond acceptors (Lipinski definition) is 3. The van der Waals surface area contributed by atoms with E-state index in [4.69, 9.17) is 9.47 Å². The summed E-state index contributed by atoms with van der Waals surface area (Å²) in [7, 11) is 0. The average Bonchev–Trinajstić information content (AvgIpc) is 2.25. The summed E-state index contributed by atoms with van der Waals surface area (Å²) in [5.41, 5.74) is 0. The van der Waals surface area contributed by atoms with Gasteiger partial charge in [0, 0.05) is 13.2 Å². The van der Waals surface area contributed by atoms with Gasteiger partial charge in [0.05, 0.1) is 18.8 Å². The summed E-state index contributed by atoms with van der Waals surface area (Å²) in [6.45, 7) is 7.62. The molecule has 1 rings (SSSR count). The van der Waals surface area contributed by atoms with E-state index in [1.54, 1.807) is 0 Å². The Bertz CT molecular complexity index is 135. The molecule has 1 fully saturated rings. The Kier molecular flexibility index (Phi) is 6.15. The molecule has 0 aliphatic carbocycles. The summed E-state index contributed by atoms with van der Waals surface area (Å²) in [5.74, 6) is 0. The van der Waals surface area contributed by atoms with Crippen molar-refractivity contribution < 1.29 is 9.47 Å². The first-order valence-electron chi connectivity index (χ1n) is 5.81. The molecule has 3 nitrogen and oxygen atoms in total. The molecule has 1 aliphatic heterocycles. The Morgan fingerprint density at radius 3 is 2.86 bits per heavy atom. The van der Waals surface area contributed by atoms with Crippen LogP contribution in [0.4, 0.5) is 0 Å². The summed E-state index contributed by atoms with van der Waals surface area (Å²) < 4.78 is 11.2. The quantitative estimate of drug-likeness (QED) is 0.707. The van der Waals surface area contributed by atoms with Crippen LogP contribution < -0.4 is 5.32 Å². The van der Waals surface area contributed by atoms with Gasteiger partial charge in [0.2, 0.25) is 0 Å². The third kappa shape index (κ3) is 3.95. The minimum Gasteiger partial charge on any atom is -0.380 e. The number of hydrogen-bond donors (Lipinski definition) is 1. The molecule has 1 N–H and O–H groups in total. The van der Waals surface area contributed by atoms with E-state index in [2.05, 4.69) is 12.2 Å². The lowest BCUT2D eigenvalue weighted by molar-refractivity contribution is -0.0289. The topological polar surface area (TPSA) is 30.5 Å². The molecule has 1 saturated heterocycles. The SMILES string of the molecule is CCNC(COCC)C1CCCCO1. The molecule has 0 aromatic carbocycles. The van der Waals surface area contributed by atoms with Crippen LogP contribution in [-0.4, -0.2) is 38.5 Å². The minimum atomic E-state index is 0.357. The van der Waals surface area contributed by atoms with E-state index in [9.17, 15) is 0 Å². The van der Waals surface area contributed by atoms with Crippen molar-refractivity contribution >= 4 is 0 Å². The van der Waals surface area contributed by atoms with Gasteiger partial charge in [-0.1, -0.05) is 6.92 Å². The molecule has 1 aliphatic rings. The van der Waals surface area contributed by atoms with Gasteiger partial charge in [-0.2, -0.15) is 0 Å². The zero-order valence-electron chi connectivity index (χ0n) is 9.42. The van der Waals surface area contributed by atoms with Crippen molar-refractivity contribution in [3.05, 3.63) is 0 Å². The molecule has 0 aromatic rings. The number of rotatable bonds is 6. The average molecular weight is 201 g/mol. The minimum absolute atomic E-state index is 0.357. The van der Waals surface area contributed by atoms with Crippen molar-refractivity contribution in [1.29, 1.82) is 0 Å². The summed E-state index contributed by atoms with van der Waals surface area (Å²) >= 11 is 0. The van der Waals surface area contributed by atoms with Crippen LogP contribution in [0.2, 0.25) is 0 Å². The molecule has 0 spiro atoms. The first-order chi connectivity index (χ1) is 6.88. The van der Waals surface area contributed by atoms with Crippen molar-refractivity contribution in [3.8, 4) is 0 Å². The van der Waals surface area contributed by atoms with Crippen LogP contribution in [0.1, 0.15) is 33.1 Å². The first kappa shape index (κ1) is 12.0. The second-order valence-corrected chi connectivity index (χ2v) is 3.73. The van der Waals surface area contributed by atoms with Crippen LogP contribution in [0, 0.1) is 0 Å². The van der Waals surface area contributed by atoms with Gasteiger partial charge >= 0.3 is 0 Å². The van der Waals surface area contributed by atoms with Gasteiger partial charge in [-0.25, -0.2) is 0 Å². The third-order valence-electron chi connectivity index (χ3n) is 2.63. The molecular weight excluding hydrogens is 178 g/mol. The van der Waals surface area contributed by atoms with E-state index in [1.165, 1.54) is 19.3 Å². The second kappa shape index (κ2) is 7.21. The van der Waals surface area contributed by atoms with Gasteiger partial charge in [0.25, 0.3) is 0 Å². The standard InChI is InChI=1S/C11H23NO2/c1-3-12-10(9-13-4-2)11-7-5-6-8-14-11/h10-12H,3-9H2,1-2H3. The number of nitrogens with one attached hydrogen (secondary N) is 1. The lowest BCUT2D eigenvalue weighted by Gasteiger charge is -2.30. The molecular formula is C11H23NO2. The van der Waals surface area contributed by atoms with Gasteiger partial charge in [-0.3, -0.25) is 0 Å². The molecule has 14 heavy (non-hydrogen) atoms. The highest BCUT2D eigenvalue weighted by atomic mass is 16.5. The monoisotopic (exact) mass is 201 g/mol. The van der Waals surface area contributed by atoms with Gasteiger partial charge < -0.3 is 14.8 Å². The van der Waals surface area contributed by atoms with Crippen LogP contribution in [0.25, 0.3) is 0 Å². The summed E-state index contributed by atoms with van der Waals surface area (Å²) in [4.78, 5) is 0. The molecule has 2 unspecified atom stereocenters. The molecule has 0 amide bonds. The summed E-state index contributed by atoms with van der Waals surface area (Å²) in [6, 6.07) is 0.375. The van der Waals surface area contributed by atoms with E-state index in [0.717, 1.165) is 26.4 Å². The molecule has 0 saturated carbocycles. The third-order valence-corrected chi connectivity index (χ3v) is 2.63. The number of ether oxygens (including phenoxy) is 2. The maximum atomic E-state index is 5.75. The molecule has 1 heterocycles. The molecule has 84 valence electrons. The van der Waals surface area contributed by atoms with Crippen LogP contribution in [0.5, 0.6) is 0 Å². The zero-order chi connectivity index (χ0) is 10.2. The highest BCUT2D eigenvalue weighted by Gasteiger charge is 2.23. The van der Waals surface area contributed by atoms with Gasteiger partial charge in [-0.15, -0.1) is 0 Å².